The molecule has 1 aromatic carbocycles. The van der Waals surface area contributed by atoms with Gasteiger partial charge in [-0.1, -0.05) is 12.2 Å². The van der Waals surface area contributed by atoms with Crippen LogP contribution in [0.2, 0.25) is 0 Å². The maximum atomic E-state index is 12.7. The highest BCUT2D eigenvalue weighted by molar-refractivity contribution is 5.91. The van der Waals surface area contributed by atoms with E-state index in [1.165, 1.54) is 6.42 Å². The number of benzene rings is 1. The van der Waals surface area contributed by atoms with Crippen LogP contribution in [0.3, 0.4) is 0 Å². The largest absolute Gasteiger partial charge is 0.457 e. The van der Waals surface area contributed by atoms with Crippen LogP contribution in [0.4, 0.5) is 11.4 Å². The van der Waals surface area contributed by atoms with Crippen LogP contribution in [0.1, 0.15) is 36.0 Å². The summed E-state index contributed by atoms with van der Waals surface area (Å²) in [5.74, 6) is 0.173. The Morgan fingerprint density at radius 1 is 1.12 bits per heavy atom. The average Bonchev–Trinajstić information content (AvgIpc) is 2.94. The van der Waals surface area contributed by atoms with Crippen molar-refractivity contribution in [2.24, 2.45) is 22.7 Å². The van der Waals surface area contributed by atoms with Crippen molar-refractivity contribution in [3.05, 3.63) is 56.1 Å². The van der Waals surface area contributed by atoms with Gasteiger partial charge in [-0.2, -0.15) is 0 Å². The van der Waals surface area contributed by atoms with E-state index in [1.807, 2.05) is 0 Å². The molecule has 2 spiro atoms. The molecule has 4 aliphatic carbocycles. The summed E-state index contributed by atoms with van der Waals surface area (Å²) in [7, 11) is 0. The van der Waals surface area contributed by atoms with Gasteiger partial charge in [-0.15, -0.1) is 0 Å². The summed E-state index contributed by atoms with van der Waals surface area (Å²) >= 11 is 0. The fourth-order valence-corrected chi connectivity index (χ4v) is 5.87. The van der Waals surface area contributed by atoms with E-state index in [0.29, 0.717) is 0 Å². The molecule has 3 saturated carbocycles. The van der Waals surface area contributed by atoms with Gasteiger partial charge in [0.15, 0.2) is 0 Å². The first-order chi connectivity index (χ1) is 12.4. The number of nitro groups is 2. The Labute approximate surface area is 148 Å². The molecule has 8 nitrogen and oxygen atoms in total. The van der Waals surface area contributed by atoms with Crippen LogP contribution >= 0.6 is 0 Å². The van der Waals surface area contributed by atoms with Crippen molar-refractivity contribution in [3.8, 4) is 0 Å². The number of ether oxygens (including phenoxy) is 1. The first-order valence-corrected chi connectivity index (χ1v) is 8.70. The molecule has 0 aromatic heterocycles. The lowest BCUT2D eigenvalue weighted by atomic mass is 9.75. The first-order valence-electron chi connectivity index (χ1n) is 8.70. The molecular weight excluding hydrogens is 340 g/mol. The zero-order valence-electron chi connectivity index (χ0n) is 13.8. The number of esters is 1. The third-order valence-electron chi connectivity index (χ3n) is 7.00. The molecule has 8 heteroatoms. The molecule has 0 saturated heterocycles. The van der Waals surface area contributed by atoms with Gasteiger partial charge in [0.2, 0.25) is 0 Å². The summed E-state index contributed by atoms with van der Waals surface area (Å²) in [4.78, 5) is 33.2. The van der Waals surface area contributed by atoms with Crippen molar-refractivity contribution in [1.29, 1.82) is 0 Å². The van der Waals surface area contributed by atoms with E-state index < -0.39 is 27.2 Å². The van der Waals surface area contributed by atoms with Gasteiger partial charge < -0.3 is 4.74 Å². The summed E-state index contributed by atoms with van der Waals surface area (Å²) < 4.78 is 5.80. The minimum Gasteiger partial charge on any atom is -0.457 e. The Balaban J connectivity index is 1.45. The van der Waals surface area contributed by atoms with Crippen molar-refractivity contribution in [2.75, 3.05) is 0 Å². The number of carbonyl (C=O) groups excluding carboxylic acids is 1. The monoisotopic (exact) mass is 356 g/mol. The Hall–Kier alpha value is -2.77. The van der Waals surface area contributed by atoms with Gasteiger partial charge in [0, 0.05) is 23.5 Å². The second kappa shape index (κ2) is 4.69. The Morgan fingerprint density at radius 3 is 2.42 bits per heavy atom. The molecule has 0 amide bonds. The molecular formula is C18H16N2O6. The molecule has 0 radical (unpaired) electrons. The number of nitro benzene ring substituents is 2. The van der Waals surface area contributed by atoms with E-state index >= 15 is 0 Å². The molecule has 2 bridgehead atoms. The third kappa shape index (κ3) is 1.76. The maximum absolute atomic E-state index is 12.7. The third-order valence-corrected chi connectivity index (χ3v) is 7.00. The van der Waals surface area contributed by atoms with Gasteiger partial charge in [-0.25, -0.2) is 4.79 Å². The van der Waals surface area contributed by atoms with Crippen LogP contribution in [0.25, 0.3) is 0 Å². The SMILES string of the molecule is O=C(O[C@@H]1[C@H]2C=C[C@@]13CC[C@H]1C[C@@]13C2)c1cc([N+](=O)[O-])cc([N+](=O)[O-])c1. The highest BCUT2D eigenvalue weighted by atomic mass is 16.6. The summed E-state index contributed by atoms with van der Waals surface area (Å²) in [6.07, 6.45) is 8.43. The summed E-state index contributed by atoms with van der Waals surface area (Å²) in [6.45, 7) is 0. The standard InChI is InChI=1S/C18H16N2O6/c21-16(11-5-13(19(22)23)7-14(6-11)20(24)25)26-15-10-1-3-17(15)4-2-12-9-18(12,17)8-10/h1,3,5-7,10,12,15H,2,4,8-9H2/t10-,12-,15+,17+,18-/m0/s1. The number of hydrogen-bond acceptors (Lipinski definition) is 6. The molecule has 0 heterocycles. The molecule has 1 aromatic rings. The molecule has 0 aliphatic heterocycles. The smallest absolute Gasteiger partial charge is 0.338 e. The van der Waals surface area contributed by atoms with Gasteiger partial charge in [-0.05, 0) is 37.0 Å². The van der Waals surface area contributed by atoms with Gasteiger partial charge >= 0.3 is 5.97 Å². The highest BCUT2D eigenvalue weighted by Crippen LogP contribution is 2.82. The van der Waals surface area contributed by atoms with Crippen molar-refractivity contribution >= 4 is 17.3 Å². The lowest BCUT2D eigenvalue weighted by molar-refractivity contribution is -0.394. The molecule has 0 unspecified atom stereocenters. The van der Waals surface area contributed by atoms with E-state index in [9.17, 15) is 25.0 Å². The van der Waals surface area contributed by atoms with E-state index in [2.05, 4.69) is 12.2 Å². The molecule has 3 fully saturated rings. The summed E-state index contributed by atoms with van der Waals surface area (Å²) in [5.41, 5.74) is -0.961. The molecule has 26 heavy (non-hydrogen) atoms. The highest BCUT2D eigenvalue weighted by Gasteiger charge is 2.78. The average molecular weight is 356 g/mol. The van der Waals surface area contributed by atoms with Gasteiger partial charge in [0.25, 0.3) is 11.4 Å². The first kappa shape index (κ1) is 15.5. The van der Waals surface area contributed by atoms with E-state index in [-0.39, 0.29) is 28.4 Å². The Morgan fingerprint density at radius 2 is 1.81 bits per heavy atom. The zero-order chi connectivity index (χ0) is 18.3. The Bertz CT molecular complexity index is 879. The fraction of sp³-hybridized carbons (Fsp3) is 0.500. The van der Waals surface area contributed by atoms with Crippen LogP contribution < -0.4 is 0 Å². The molecule has 0 N–H and O–H groups in total. The van der Waals surface area contributed by atoms with Crippen molar-refractivity contribution in [3.63, 3.8) is 0 Å². The van der Waals surface area contributed by atoms with Crippen molar-refractivity contribution < 1.29 is 19.4 Å². The quantitative estimate of drug-likeness (QED) is 0.354. The summed E-state index contributed by atoms with van der Waals surface area (Å²) in [5, 5.41) is 22.1. The number of fused-ring (bicyclic) bond motifs is 1. The van der Waals surface area contributed by atoms with Crippen LogP contribution in [-0.4, -0.2) is 21.9 Å². The van der Waals surface area contributed by atoms with Crippen molar-refractivity contribution in [2.45, 2.75) is 31.8 Å². The molecule has 5 rings (SSSR count). The van der Waals surface area contributed by atoms with Gasteiger partial charge in [0.05, 0.1) is 21.5 Å². The van der Waals surface area contributed by atoms with Gasteiger partial charge in [0.1, 0.15) is 6.10 Å². The van der Waals surface area contributed by atoms with Crippen LogP contribution in [0.15, 0.2) is 30.4 Å². The Kier molecular flexibility index (Phi) is 2.79. The molecule has 5 atom stereocenters. The number of non-ortho nitro benzene ring substituents is 2. The predicted octanol–water partition coefficient (Wildman–Crippen LogP) is 3.40. The number of nitrogens with zero attached hydrogens (tertiary/aromatic N) is 2. The predicted molar refractivity (Wildman–Crippen MR) is 88.4 cm³/mol. The minimum absolute atomic E-state index is 0.107. The fourth-order valence-electron chi connectivity index (χ4n) is 5.87. The van der Waals surface area contributed by atoms with Gasteiger partial charge in [-0.3, -0.25) is 20.2 Å². The lowest BCUT2D eigenvalue weighted by Crippen LogP contribution is -2.35. The second-order valence-corrected chi connectivity index (χ2v) is 7.94. The lowest BCUT2D eigenvalue weighted by Gasteiger charge is -2.33. The van der Waals surface area contributed by atoms with Crippen LogP contribution in [0, 0.1) is 42.9 Å². The number of rotatable bonds is 4. The zero-order valence-corrected chi connectivity index (χ0v) is 13.8. The second-order valence-electron chi connectivity index (χ2n) is 7.94. The maximum Gasteiger partial charge on any atom is 0.338 e. The minimum atomic E-state index is -0.746. The van der Waals surface area contributed by atoms with Crippen LogP contribution in [0.5, 0.6) is 0 Å². The normalized spacial score (nSPS) is 37.9. The number of carbonyl (C=O) groups is 1. The van der Waals surface area contributed by atoms with E-state index in [4.69, 9.17) is 4.74 Å². The van der Waals surface area contributed by atoms with E-state index in [1.54, 1.807) is 0 Å². The van der Waals surface area contributed by atoms with Crippen LogP contribution in [-0.2, 0) is 4.74 Å². The summed E-state index contributed by atoms with van der Waals surface area (Å²) in [6, 6.07) is 2.93. The van der Waals surface area contributed by atoms with E-state index in [0.717, 1.165) is 43.4 Å². The molecule has 134 valence electrons. The topological polar surface area (TPSA) is 113 Å². The van der Waals surface area contributed by atoms with Crippen molar-refractivity contribution in [1.82, 2.24) is 0 Å². The number of hydrogen-bond donors (Lipinski definition) is 0. The molecule has 4 aliphatic rings.